The number of nitrogens with one attached hydrogen (secondary N) is 2. The molecule has 146 valence electrons. The van der Waals surface area contributed by atoms with Gasteiger partial charge in [0.1, 0.15) is 13.2 Å². The summed E-state index contributed by atoms with van der Waals surface area (Å²) in [6.07, 6.45) is 0. The van der Waals surface area contributed by atoms with Crippen LogP contribution in [0, 0.1) is 0 Å². The monoisotopic (exact) mass is 417 g/mol. The molecule has 0 spiro atoms. The third-order valence-corrected chi connectivity index (χ3v) is 5.09. The van der Waals surface area contributed by atoms with E-state index in [0.29, 0.717) is 16.4 Å². The van der Waals surface area contributed by atoms with Gasteiger partial charge in [0.25, 0.3) is 0 Å². The van der Waals surface area contributed by atoms with Crippen LogP contribution in [0.25, 0.3) is 10.2 Å². The van der Waals surface area contributed by atoms with E-state index in [2.05, 4.69) is 22.2 Å². The second-order valence-electron chi connectivity index (χ2n) is 6.20. The Morgan fingerprint density at radius 2 is 2.07 bits per heavy atom. The number of ether oxygens (including phenoxy) is 2. The van der Waals surface area contributed by atoms with E-state index in [-0.39, 0.29) is 18.8 Å². The van der Waals surface area contributed by atoms with Crippen LogP contribution < -0.4 is 10.6 Å². The Morgan fingerprint density at radius 1 is 1.32 bits per heavy atom. The Hall–Kier alpha value is -2.78. The number of hydrogen-bond acceptors (Lipinski definition) is 7. The second kappa shape index (κ2) is 8.49. The molecule has 0 saturated carbocycles. The number of benzene rings is 1. The lowest BCUT2D eigenvalue weighted by Crippen LogP contribution is -2.45. The normalized spacial score (nSPS) is 16.4. The number of carbonyl (C=O) groups is 2. The Balaban J connectivity index is 1.76. The quantitative estimate of drug-likeness (QED) is 0.321. The maximum Gasteiger partial charge on any atom is 0.338 e. The van der Waals surface area contributed by atoms with E-state index in [0.717, 1.165) is 15.8 Å². The molecule has 1 atom stereocenters. The first-order chi connectivity index (χ1) is 13.4. The molecule has 3 rings (SSSR count). The summed E-state index contributed by atoms with van der Waals surface area (Å²) in [7, 11) is 0. The zero-order valence-electron chi connectivity index (χ0n) is 15.4. The fourth-order valence-corrected chi connectivity index (χ4v) is 3.73. The van der Waals surface area contributed by atoms with E-state index >= 15 is 0 Å². The molecule has 2 N–H and O–H groups in total. The molecule has 0 fully saturated rings. The number of rotatable bonds is 6. The van der Waals surface area contributed by atoms with Crippen molar-refractivity contribution in [2.45, 2.75) is 19.9 Å². The molecule has 0 amide bonds. The maximum absolute atomic E-state index is 12.7. The molecule has 0 radical (unpaired) electrons. The van der Waals surface area contributed by atoms with E-state index in [1.54, 1.807) is 19.4 Å². The van der Waals surface area contributed by atoms with E-state index in [1.165, 1.54) is 11.3 Å². The summed E-state index contributed by atoms with van der Waals surface area (Å²) in [5.41, 5.74) is 4.87. The largest absolute Gasteiger partial charge is 0.459 e. The Kier molecular flexibility index (Phi) is 6.05. The van der Waals surface area contributed by atoms with Gasteiger partial charge in [-0.2, -0.15) is 0 Å². The number of aromatic nitrogens is 1. The average Bonchev–Trinajstić information content (AvgIpc) is 3.11. The number of esters is 2. The van der Waals surface area contributed by atoms with Crippen LogP contribution in [0.1, 0.15) is 25.5 Å². The molecule has 9 heteroatoms. The minimum atomic E-state index is -0.520. The maximum atomic E-state index is 12.7. The van der Waals surface area contributed by atoms with Gasteiger partial charge in [0, 0.05) is 11.3 Å². The van der Waals surface area contributed by atoms with Crippen molar-refractivity contribution in [3.8, 4) is 0 Å². The van der Waals surface area contributed by atoms with Gasteiger partial charge in [-0.1, -0.05) is 12.6 Å². The highest BCUT2D eigenvalue weighted by Crippen LogP contribution is 2.30. The van der Waals surface area contributed by atoms with Crippen molar-refractivity contribution in [3.63, 3.8) is 0 Å². The molecule has 1 aromatic carbocycles. The van der Waals surface area contributed by atoms with E-state index < -0.39 is 18.0 Å². The van der Waals surface area contributed by atoms with Gasteiger partial charge < -0.3 is 20.1 Å². The van der Waals surface area contributed by atoms with Crippen LogP contribution in [-0.4, -0.2) is 35.2 Å². The van der Waals surface area contributed by atoms with Crippen LogP contribution in [0.4, 0.5) is 0 Å². The molecule has 0 bridgehead atoms. The van der Waals surface area contributed by atoms with Gasteiger partial charge in [-0.3, -0.25) is 0 Å². The van der Waals surface area contributed by atoms with Crippen LogP contribution in [-0.2, 0) is 19.1 Å². The highest BCUT2D eigenvalue weighted by Gasteiger charge is 2.31. The van der Waals surface area contributed by atoms with Gasteiger partial charge in [0.05, 0.1) is 27.3 Å². The summed E-state index contributed by atoms with van der Waals surface area (Å²) >= 11 is 6.78. The van der Waals surface area contributed by atoms with Crippen LogP contribution in [0.15, 0.2) is 47.1 Å². The SMILES string of the molecule is C=C(C)C(=O)OCCOC(=O)C1=C(C)NC(=S)NC1c1ccc2ncsc2c1. The summed E-state index contributed by atoms with van der Waals surface area (Å²) in [6, 6.07) is 5.34. The molecule has 1 aliphatic rings. The highest BCUT2D eigenvalue weighted by atomic mass is 32.1. The minimum absolute atomic E-state index is 0.0412. The third kappa shape index (κ3) is 4.37. The first kappa shape index (κ1) is 20.0. The van der Waals surface area contributed by atoms with Crippen molar-refractivity contribution in [1.82, 2.24) is 15.6 Å². The standard InChI is InChI=1S/C19H19N3O4S2/c1-10(2)17(23)25-6-7-26-18(24)15-11(3)21-19(27)22-16(15)12-4-5-13-14(8-12)28-9-20-13/h4-5,8-9,16H,1,6-7H2,2-3H3,(H2,21,22,27). The van der Waals surface area contributed by atoms with Crippen molar-refractivity contribution in [2.24, 2.45) is 0 Å². The predicted octanol–water partition coefficient (Wildman–Crippen LogP) is 2.75. The number of allylic oxidation sites excluding steroid dienone is 1. The molecule has 7 nitrogen and oxygen atoms in total. The van der Waals surface area contributed by atoms with Crippen LogP contribution in [0.3, 0.4) is 0 Å². The van der Waals surface area contributed by atoms with Crippen molar-refractivity contribution < 1.29 is 19.1 Å². The Labute approximate surface area is 171 Å². The summed E-state index contributed by atoms with van der Waals surface area (Å²) in [6.45, 7) is 6.72. The van der Waals surface area contributed by atoms with Gasteiger partial charge >= 0.3 is 11.9 Å². The lowest BCUT2D eigenvalue weighted by Gasteiger charge is -2.29. The van der Waals surface area contributed by atoms with Crippen LogP contribution in [0.2, 0.25) is 0 Å². The van der Waals surface area contributed by atoms with E-state index in [4.69, 9.17) is 21.7 Å². The van der Waals surface area contributed by atoms with Crippen molar-refractivity contribution in [1.29, 1.82) is 0 Å². The van der Waals surface area contributed by atoms with Crippen molar-refractivity contribution in [2.75, 3.05) is 13.2 Å². The summed E-state index contributed by atoms with van der Waals surface area (Å²) < 4.78 is 11.3. The number of hydrogen-bond donors (Lipinski definition) is 2. The summed E-state index contributed by atoms with van der Waals surface area (Å²) in [5.74, 6) is -1.03. The molecular formula is C19H19N3O4S2. The van der Waals surface area contributed by atoms with Crippen molar-refractivity contribution >= 4 is 50.8 Å². The Morgan fingerprint density at radius 3 is 2.82 bits per heavy atom. The minimum Gasteiger partial charge on any atom is -0.459 e. The summed E-state index contributed by atoms with van der Waals surface area (Å²) in [5, 5.41) is 6.51. The molecule has 28 heavy (non-hydrogen) atoms. The number of fused-ring (bicyclic) bond motifs is 1. The molecule has 2 aromatic rings. The van der Waals surface area contributed by atoms with Gasteiger partial charge in [-0.05, 0) is 43.8 Å². The zero-order chi connectivity index (χ0) is 20.3. The first-order valence-electron chi connectivity index (χ1n) is 8.48. The second-order valence-corrected chi connectivity index (χ2v) is 7.50. The van der Waals surface area contributed by atoms with E-state index in [1.807, 2.05) is 18.2 Å². The van der Waals surface area contributed by atoms with Crippen LogP contribution in [0.5, 0.6) is 0 Å². The smallest absolute Gasteiger partial charge is 0.338 e. The number of thiazole rings is 1. The lowest BCUT2D eigenvalue weighted by molar-refractivity contribution is -0.147. The number of thiocarbonyl (C=S) groups is 1. The van der Waals surface area contributed by atoms with Gasteiger partial charge in [0.15, 0.2) is 5.11 Å². The van der Waals surface area contributed by atoms with Gasteiger partial charge in [-0.15, -0.1) is 11.3 Å². The first-order valence-corrected chi connectivity index (χ1v) is 9.77. The van der Waals surface area contributed by atoms with Gasteiger partial charge in [0.2, 0.25) is 0 Å². The molecule has 0 aliphatic carbocycles. The molecular weight excluding hydrogens is 398 g/mol. The van der Waals surface area contributed by atoms with Crippen molar-refractivity contribution in [3.05, 3.63) is 52.7 Å². The zero-order valence-corrected chi connectivity index (χ0v) is 17.0. The molecule has 0 saturated heterocycles. The fourth-order valence-electron chi connectivity index (χ4n) is 2.74. The third-order valence-electron chi connectivity index (χ3n) is 4.08. The average molecular weight is 418 g/mol. The Bertz CT molecular complexity index is 996. The van der Waals surface area contributed by atoms with Gasteiger partial charge in [-0.25, -0.2) is 14.6 Å². The van der Waals surface area contributed by atoms with Crippen LogP contribution >= 0.6 is 23.6 Å². The number of carbonyl (C=O) groups excluding carboxylic acids is 2. The summed E-state index contributed by atoms with van der Waals surface area (Å²) in [4.78, 5) is 28.4. The van der Waals surface area contributed by atoms with E-state index in [9.17, 15) is 9.59 Å². The number of nitrogens with zero attached hydrogens (tertiary/aromatic N) is 1. The molecule has 2 heterocycles. The topological polar surface area (TPSA) is 89.5 Å². The predicted molar refractivity (Wildman–Crippen MR) is 111 cm³/mol. The lowest BCUT2D eigenvalue weighted by atomic mass is 9.95. The fraction of sp³-hybridized carbons (Fsp3) is 0.263. The molecule has 1 aliphatic heterocycles. The molecule has 1 unspecified atom stereocenters. The molecule has 1 aromatic heterocycles. The highest BCUT2D eigenvalue weighted by molar-refractivity contribution is 7.80.